The van der Waals surface area contributed by atoms with E-state index >= 15 is 0 Å². The Morgan fingerprint density at radius 1 is 1.45 bits per heavy atom. The number of nitrogens with two attached hydrogens (primary N) is 1. The number of sulfonamides is 1. The molecule has 0 spiro atoms. The van der Waals surface area contributed by atoms with Crippen LogP contribution < -0.4 is 10.5 Å². The van der Waals surface area contributed by atoms with Crippen LogP contribution in [0.25, 0.3) is 0 Å². The van der Waals surface area contributed by atoms with Gasteiger partial charge < -0.3 is 5.73 Å². The molecule has 4 nitrogen and oxygen atoms in total. The Hall–Kier alpha value is -0.0800. The molecule has 0 heterocycles. The van der Waals surface area contributed by atoms with Crippen LogP contribution in [0.2, 0.25) is 0 Å². The van der Waals surface area contributed by atoms with Crippen LogP contribution >= 0.6 is 27.7 Å². The third-order valence-electron chi connectivity index (χ3n) is 2.99. The number of rotatable bonds is 7. The molecule has 1 aromatic carbocycles. The van der Waals surface area contributed by atoms with Crippen LogP contribution in [0.5, 0.6) is 0 Å². The molecule has 0 saturated carbocycles. The van der Waals surface area contributed by atoms with E-state index in [1.807, 2.05) is 19.2 Å². The average Bonchev–Trinajstić information content (AvgIpc) is 2.38. The summed E-state index contributed by atoms with van der Waals surface area (Å²) in [4.78, 5) is 0.295. The lowest BCUT2D eigenvalue weighted by Gasteiger charge is -2.16. The summed E-state index contributed by atoms with van der Waals surface area (Å²) >= 11 is 5.09. The molecule has 7 heteroatoms. The number of hydrogen-bond acceptors (Lipinski definition) is 4. The molecule has 1 unspecified atom stereocenters. The van der Waals surface area contributed by atoms with E-state index in [2.05, 4.69) is 20.7 Å². The summed E-state index contributed by atoms with van der Waals surface area (Å²) < 4.78 is 28.4. The summed E-state index contributed by atoms with van der Waals surface area (Å²) in [5, 5.41) is 0. The second-order valence-corrected chi connectivity index (χ2v) is 8.23. The SMILES string of the molecule is CSCCC(C)NS(=O)(=O)c1cc(CN)cc(Br)c1C. The third-order valence-corrected chi connectivity index (χ3v) is 6.18. The van der Waals surface area contributed by atoms with Crippen LogP contribution in [0.4, 0.5) is 0 Å². The lowest BCUT2D eigenvalue weighted by Crippen LogP contribution is -2.33. The number of hydrogen-bond donors (Lipinski definition) is 2. The van der Waals surface area contributed by atoms with Gasteiger partial charge in [-0.05, 0) is 55.5 Å². The molecule has 0 aliphatic carbocycles. The van der Waals surface area contributed by atoms with Crippen molar-refractivity contribution in [3.63, 3.8) is 0 Å². The first-order valence-corrected chi connectivity index (χ1v) is 9.99. The van der Waals surface area contributed by atoms with Crippen molar-refractivity contribution in [1.82, 2.24) is 4.72 Å². The van der Waals surface area contributed by atoms with E-state index in [9.17, 15) is 8.42 Å². The van der Waals surface area contributed by atoms with Gasteiger partial charge in [-0.15, -0.1) is 0 Å². The first-order chi connectivity index (χ1) is 9.31. The van der Waals surface area contributed by atoms with E-state index in [-0.39, 0.29) is 6.04 Å². The maximum absolute atomic E-state index is 12.5. The summed E-state index contributed by atoms with van der Waals surface area (Å²) in [6, 6.07) is 3.40. The van der Waals surface area contributed by atoms with Gasteiger partial charge in [0.15, 0.2) is 0 Å². The fourth-order valence-corrected chi connectivity index (χ4v) is 4.61. The zero-order valence-corrected chi connectivity index (χ0v) is 15.2. The number of benzene rings is 1. The fourth-order valence-electron chi connectivity index (χ4n) is 1.79. The molecule has 0 saturated heterocycles. The fraction of sp³-hybridized carbons (Fsp3) is 0.538. The van der Waals surface area contributed by atoms with Gasteiger partial charge in [0.1, 0.15) is 0 Å². The standard InChI is InChI=1S/C13H21BrN2O2S2/c1-9(4-5-19-3)16-20(17,18)13-7-11(8-15)6-12(14)10(13)2/h6-7,9,16H,4-5,8,15H2,1-3H3. The Labute approximate surface area is 134 Å². The lowest BCUT2D eigenvalue weighted by atomic mass is 10.1. The van der Waals surface area contributed by atoms with Crippen molar-refractivity contribution in [3.05, 3.63) is 27.7 Å². The van der Waals surface area contributed by atoms with E-state index in [0.29, 0.717) is 17.0 Å². The highest BCUT2D eigenvalue weighted by molar-refractivity contribution is 9.10. The molecule has 0 aromatic heterocycles. The van der Waals surface area contributed by atoms with Gasteiger partial charge in [0.2, 0.25) is 10.0 Å². The maximum Gasteiger partial charge on any atom is 0.241 e. The molecule has 0 radical (unpaired) electrons. The molecular weight excluding hydrogens is 360 g/mol. The van der Waals surface area contributed by atoms with Crippen molar-refractivity contribution in [2.24, 2.45) is 5.73 Å². The van der Waals surface area contributed by atoms with Crippen LogP contribution in [0.15, 0.2) is 21.5 Å². The molecule has 114 valence electrons. The smallest absolute Gasteiger partial charge is 0.241 e. The minimum Gasteiger partial charge on any atom is -0.326 e. The number of halogens is 1. The number of thioether (sulfide) groups is 1. The molecule has 0 amide bonds. The van der Waals surface area contributed by atoms with Crippen molar-refractivity contribution in [2.45, 2.75) is 37.8 Å². The van der Waals surface area contributed by atoms with Gasteiger partial charge in [0.25, 0.3) is 0 Å². The van der Waals surface area contributed by atoms with Crippen molar-refractivity contribution in [3.8, 4) is 0 Å². The third kappa shape index (κ3) is 4.73. The van der Waals surface area contributed by atoms with Crippen molar-refractivity contribution < 1.29 is 8.42 Å². The first-order valence-electron chi connectivity index (χ1n) is 6.32. The quantitative estimate of drug-likeness (QED) is 0.762. The van der Waals surface area contributed by atoms with Gasteiger partial charge in [0.05, 0.1) is 4.90 Å². The molecular formula is C13H21BrN2O2S2. The highest BCUT2D eigenvalue weighted by Crippen LogP contribution is 2.26. The van der Waals surface area contributed by atoms with E-state index in [1.165, 1.54) is 0 Å². The largest absolute Gasteiger partial charge is 0.326 e. The second kappa shape index (κ2) is 7.79. The number of nitrogens with one attached hydrogen (secondary N) is 1. The molecule has 0 aliphatic heterocycles. The van der Waals surface area contributed by atoms with E-state index in [0.717, 1.165) is 22.2 Å². The van der Waals surface area contributed by atoms with Crippen molar-refractivity contribution >= 4 is 37.7 Å². The molecule has 3 N–H and O–H groups in total. The van der Waals surface area contributed by atoms with Gasteiger partial charge in [0, 0.05) is 17.1 Å². The van der Waals surface area contributed by atoms with E-state index in [1.54, 1.807) is 24.8 Å². The molecule has 0 fully saturated rings. The molecule has 1 atom stereocenters. The van der Waals surface area contributed by atoms with Gasteiger partial charge in [-0.3, -0.25) is 0 Å². The van der Waals surface area contributed by atoms with Crippen LogP contribution in [0.3, 0.4) is 0 Å². The zero-order valence-electron chi connectivity index (χ0n) is 11.9. The molecule has 1 aromatic rings. The molecule has 0 bridgehead atoms. The monoisotopic (exact) mass is 380 g/mol. The predicted molar refractivity (Wildman–Crippen MR) is 89.6 cm³/mol. The predicted octanol–water partition coefficient (Wildman–Crippen LogP) is 2.64. The van der Waals surface area contributed by atoms with Gasteiger partial charge in [-0.1, -0.05) is 15.9 Å². The van der Waals surface area contributed by atoms with Crippen molar-refractivity contribution in [2.75, 3.05) is 12.0 Å². The van der Waals surface area contributed by atoms with Gasteiger partial charge >= 0.3 is 0 Å². The van der Waals surface area contributed by atoms with Crippen molar-refractivity contribution in [1.29, 1.82) is 0 Å². The Morgan fingerprint density at radius 3 is 2.65 bits per heavy atom. The minimum absolute atomic E-state index is 0.0906. The Balaban J connectivity index is 3.06. The first kappa shape index (κ1) is 18.0. The highest BCUT2D eigenvalue weighted by atomic mass is 79.9. The highest BCUT2D eigenvalue weighted by Gasteiger charge is 2.21. The minimum atomic E-state index is -3.52. The molecule has 1 rings (SSSR count). The average molecular weight is 381 g/mol. The van der Waals surface area contributed by atoms with Gasteiger partial charge in [-0.2, -0.15) is 11.8 Å². The van der Waals surface area contributed by atoms with Gasteiger partial charge in [-0.25, -0.2) is 13.1 Å². The Morgan fingerprint density at radius 2 is 2.10 bits per heavy atom. The summed E-state index contributed by atoms with van der Waals surface area (Å²) in [6.07, 6.45) is 2.81. The zero-order chi connectivity index (χ0) is 15.3. The molecule has 0 aliphatic rings. The maximum atomic E-state index is 12.5. The summed E-state index contributed by atoms with van der Waals surface area (Å²) in [7, 11) is -3.52. The van der Waals surface area contributed by atoms with Crippen LogP contribution in [0, 0.1) is 6.92 Å². The Kier molecular flexibility index (Phi) is 7.00. The summed E-state index contributed by atoms with van der Waals surface area (Å²) in [6.45, 7) is 3.97. The second-order valence-electron chi connectivity index (χ2n) is 4.71. The van der Waals surface area contributed by atoms with E-state index < -0.39 is 10.0 Å². The molecule has 20 heavy (non-hydrogen) atoms. The van der Waals surface area contributed by atoms with Crippen LogP contribution in [-0.2, 0) is 16.6 Å². The Bertz CT molecular complexity index is 562. The lowest BCUT2D eigenvalue weighted by molar-refractivity contribution is 0.556. The van der Waals surface area contributed by atoms with Crippen LogP contribution in [-0.4, -0.2) is 26.5 Å². The summed E-state index contributed by atoms with van der Waals surface area (Å²) in [5.74, 6) is 0.926. The normalized spacial score (nSPS) is 13.4. The van der Waals surface area contributed by atoms with Crippen LogP contribution in [0.1, 0.15) is 24.5 Å². The topological polar surface area (TPSA) is 72.2 Å². The summed E-state index contributed by atoms with van der Waals surface area (Å²) in [5.41, 5.74) is 7.10. The van der Waals surface area contributed by atoms with E-state index in [4.69, 9.17) is 5.73 Å².